The number of nitrogens with zero attached hydrogens (tertiary/aromatic N) is 1. The first-order chi connectivity index (χ1) is 13.0. The van der Waals surface area contributed by atoms with Gasteiger partial charge >= 0.3 is 0 Å². The average Bonchev–Trinajstić information content (AvgIpc) is 2.70. The number of para-hydroxylation sites is 1. The second-order valence-electron chi connectivity index (χ2n) is 5.85. The van der Waals surface area contributed by atoms with Crippen molar-refractivity contribution >= 4 is 27.2 Å². The van der Waals surface area contributed by atoms with Crippen LogP contribution in [0, 0.1) is 0 Å². The molecule has 1 heterocycles. The van der Waals surface area contributed by atoms with Crippen LogP contribution in [-0.4, -0.2) is 20.5 Å². The molecule has 0 atom stereocenters. The van der Waals surface area contributed by atoms with Gasteiger partial charge in [0.2, 0.25) is 0 Å². The fourth-order valence-electron chi connectivity index (χ4n) is 2.59. The molecule has 0 bridgehead atoms. The fraction of sp³-hybridized carbons (Fsp3) is 0.150. The number of rotatable bonds is 7. The van der Waals surface area contributed by atoms with Crippen molar-refractivity contribution < 1.29 is 13.2 Å². The zero-order valence-electron chi connectivity index (χ0n) is 15.1. The summed E-state index contributed by atoms with van der Waals surface area (Å²) in [6.45, 7) is 2.09. The highest BCUT2D eigenvalue weighted by atomic mass is 32.2. The number of ether oxygens (including phenoxy) is 1. The van der Waals surface area contributed by atoms with Crippen LogP contribution in [0.1, 0.15) is 12.5 Å². The van der Waals surface area contributed by atoms with Crippen molar-refractivity contribution in [2.24, 2.45) is 0 Å². The molecule has 0 radical (unpaired) electrons. The molecule has 0 spiro atoms. The number of aryl methyl sites for hydroxylation is 1. The van der Waals surface area contributed by atoms with E-state index in [1.54, 1.807) is 24.3 Å². The predicted molar refractivity (Wildman–Crippen MR) is 107 cm³/mol. The number of pyridine rings is 1. The maximum atomic E-state index is 12.5. The molecule has 3 rings (SSSR count). The number of hydrogen-bond donors (Lipinski definition) is 2. The molecule has 7 heteroatoms. The van der Waals surface area contributed by atoms with E-state index < -0.39 is 10.0 Å². The number of methoxy groups -OCH3 is 1. The molecular formula is C20H21N3O3S. The number of hydrogen-bond acceptors (Lipinski definition) is 5. The van der Waals surface area contributed by atoms with E-state index in [2.05, 4.69) is 28.0 Å². The molecule has 0 saturated heterocycles. The van der Waals surface area contributed by atoms with Gasteiger partial charge in [-0.2, -0.15) is 0 Å². The van der Waals surface area contributed by atoms with Crippen LogP contribution >= 0.6 is 0 Å². The van der Waals surface area contributed by atoms with Crippen LogP contribution in [0.5, 0.6) is 5.75 Å². The van der Waals surface area contributed by atoms with Crippen molar-refractivity contribution in [3.8, 4) is 5.75 Å². The lowest BCUT2D eigenvalue weighted by molar-refractivity contribution is 0.414. The summed E-state index contributed by atoms with van der Waals surface area (Å²) in [6, 6.07) is 17.6. The molecule has 2 N–H and O–H groups in total. The molecule has 0 amide bonds. The lowest BCUT2D eigenvalue weighted by atomic mass is 10.1. The second-order valence-corrected chi connectivity index (χ2v) is 7.53. The standard InChI is InChI=1S/C20H21N3O3S/c1-3-15-6-4-5-7-19(15)22-20-13-8-16(14-21-20)23-27(24,25)18-11-9-17(26-2)10-12-18/h4-14,23H,3H2,1-2H3,(H,21,22). The van der Waals surface area contributed by atoms with Crippen LogP contribution in [0.25, 0.3) is 0 Å². The quantitative estimate of drug-likeness (QED) is 0.639. The minimum atomic E-state index is -3.69. The minimum Gasteiger partial charge on any atom is -0.497 e. The van der Waals surface area contributed by atoms with E-state index in [1.165, 1.54) is 31.0 Å². The highest BCUT2D eigenvalue weighted by molar-refractivity contribution is 7.92. The maximum absolute atomic E-state index is 12.5. The summed E-state index contributed by atoms with van der Waals surface area (Å²) in [7, 11) is -2.16. The molecule has 27 heavy (non-hydrogen) atoms. The fourth-order valence-corrected chi connectivity index (χ4v) is 3.63. The van der Waals surface area contributed by atoms with Gasteiger partial charge in [0.05, 0.1) is 23.9 Å². The van der Waals surface area contributed by atoms with Gasteiger partial charge in [-0.05, 0) is 54.4 Å². The maximum Gasteiger partial charge on any atom is 0.261 e. The third kappa shape index (κ3) is 4.57. The van der Waals surface area contributed by atoms with E-state index in [4.69, 9.17) is 4.74 Å². The smallest absolute Gasteiger partial charge is 0.261 e. The van der Waals surface area contributed by atoms with Crippen molar-refractivity contribution in [1.82, 2.24) is 4.98 Å². The van der Waals surface area contributed by atoms with Gasteiger partial charge in [-0.15, -0.1) is 0 Å². The van der Waals surface area contributed by atoms with Gasteiger partial charge in [-0.25, -0.2) is 13.4 Å². The van der Waals surface area contributed by atoms with E-state index in [1.807, 2.05) is 18.2 Å². The molecular weight excluding hydrogens is 362 g/mol. The van der Waals surface area contributed by atoms with Crippen molar-refractivity contribution in [1.29, 1.82) is 0 Å². The van der Waals surface area contributed by atoms with E-state index in [9.17, 15) is 8.42 Å². The SMILES string of the molecule is CCc1ccccc1Nc1ccc(NS(=O)(=O)c2ccc(OC)cc2)cn1. The molecule has 0 fully saturated rings. The molecule has 2 aromatic carbocycles. The Hall–Kier alpha value is -3.06. The van der Waals surface area contributed by atoms with E-state index in [-0.39, 0.29) is 4.90 Å². The number of anilines is 3. The Morgan fingerprint density at radius 3 is 2.37 bits per heavy atom. The topological polar surface area (TPSA) is 80.3 Å². The Morgan fingerprint density at radius 1 is 1.00 bits per heavy atom. The summed E-state index contributed by atoms with van der Waals surface area (Å²) >= 11 is 0. The Morgan fingerprint density at radius 2 is 1.74 bits per heavy atom. The van der Waals surface area contributed by atoms with E-state index in [0.717, 1.165) is 12.1 Å². The van der Waals surface area contributed by atoms with Crippen molar-refractivity contribution in [2.75, 3.05) is 17.1 Å². The molecule has 0 unspecified atom stereocenters. The minimum absolute atomic E-state index is 0.155. The van der Waals surface area contributed by atoms with Crippen LogP contribution in [0.15, 0.2) is 71.8 Å². The molecule has 1 aromatic heterocycles. The Labute approximate surface area is 159 Å². The predicted octanol–water partition coefficient (Wildman–Crippen LogP) is 4.20. The zero-order chi connectivity index (χ0) is 19.3. The molecule has 6 nitrogen and oxygen atoms in total. The largest absolute Gasteiger partial charge is 0.497 e. The van der Waals surface area contributed by atoms with Crippen molar-refractivity contribution in [3.63, 3.8) is 0 Å². The Kier molecular flexibility index (Phi) is 5.61. The van der Waals surface area contributed by atoms with Gasteiger partial charge in [0.25, 0.3) is 10.0 Å². The molecule has 0 aliphatic carbocycles. The third-order valence-electron chi connectivity index (χ3n) is 4.05. The monoisotopic (exact) mass is 383 g/mol. The second kappa shape index (κ2) is 8.09. The van der Waals surface area contributed by atoms with Crippen LogP contribution in [0.2, 0.25) is 0 Å². The summed E-state index contributed by atoms with van der Waals surface area (Å²) in [5.74, 6) is 1.24. The van der Waals surface area contributed by atoms with Gasteiger partial charge < -0.3 is 10.1 Å². The third-order valence-corrected chi connectivity index (χ3v) is 5.44. The van der Waals surface area contributed by atoms with E-state index in [0.29, 0.717) is 17.3 Å². The van der Waals surface area contributed by atoms with Crippen LogP contribution in [-0.2, 0) is 16.4 Å². The summed E-state index contributed by atoms with van der Waals surface area (Å²) in [6.07, 6.45) is 2.39. The van der Waals surface area contributed by atoms with Crippen LogP contribution in [0.4, 0.5) is 17.2 Å². The van der Waals surface area contributed by atoms with E-state index >= 15 is 0 Å². The average molecular weight is 383 g/mol. The van der Waals surface area contributed by atoms with Gasteiger partial charge in [0, 0.05) is 5.69 Å². The van der Waals surface area contributed by atoms with Crippen LogP contribution in [0.3, 0.4) is 0 Å². The summed E-state index contributed by atoms with van der Waals surface area (Å²) in [5, 5.41) is 3.26. The molecule has 0 aliphatic heterocycles. The number of nitrogens with one attached hydrogen (secondary N) is 2. The summed E-state index contributed by atoms with van der Waals surface area (Å²) in [5.41, 5.74) is 2.56. The van der Waals surface area contributed by atoms with Crippen molar-refractivity contribution in [3.05, 3.63) is 72.4 Å². The number of aromatic nitrogens is 1. The van der Waals surface area contributed by atoms with Crippen molar-refractivity contribution in [2.45, 2.75) is 18.2 Å². The van der Waals surface area contributed by atoms with Gasteiger partial charge in [-0.1, -0.05) is 25.1 Å². The Bertz CT molecular complexity index is 1000. The highest BCUT2D eigenvalue weighted by Gasteiger charge is 2.14. The van der Waals surface area contributed by atoms with Gasteiger partial charge in [-0.3, -0.25) is 4.72 Å². The number of sulfonamides is 1. The lowest BCUT2D eigenvalue weighted by Gasteiger charge is -2.11. The zero-order valence-corrected chi connectivity index (χ0v) is 16.0. The first-order valence-corrected chi connectivity index (χ1v) is 9.98. The lowest BCUT2D eigenvalue weighted by Crippen LogP contribution is -2.13. The van der Waals surface area contributed by atoms with Gasteiger partial charge in [0.1, 0.15) is 11.6 Å². The molecule has 0 saturated carbocycles. The first kappa shape index (κ1) is 18.7. The molecule has 140 valence electrons. The number of benzene rings is 2. The van der Waals surface area contributed by atoms with Gasteiger partial charge in [0.15, 0.2) is 0 Å². The Balaban J connectivity index is 1.73. The van der Waals surface area contributed by atoms with Crippen LogP contribution < -0.4 is 14.8 Å². The highest BCUT2D eigenvalue weighted by Crippen LogP contribution is 2.22. The molecule has 3 aromatic rings. The first-order valence-electron chi connectivity index (χ1n) is 8.49. The normalized spacial score (nSPS) is 11.0. The molecule has 0 aliphatic rings. The summed E-state index contributed by atoms with van der Waals surface area (Å²) < 4.78 is 32.5. The summed E-state index contributed by atoms with van der Waals surface area (Å²) in [4.78, 5) is 4.45.